The highest BCUT2D eigenvalue weighted by molar-refractivity contribution is 5.87. The van der Waals surface area contributed by atoms with Gasteiger partial charge in [-0.3, -0.25) is 4.79 Å². The zero-order chi connectivity index (χ0) is 15.1. The molecular formula is C14H26N2O4. The number of hydrogen-bond donors (Lipinski definition) is 2. The number of nitrogens with one attached hydrogen (secondary N) is 2. The fourth-order valence-corrected chi connectivity index (χ4v) is 2.00. The van der Waals surface area contributed by atoms with E-state index in [1.54, 1.807) is 13.8 Å². The lowest BCUT2D eigenvalue weighted by molar-refractivity contribution is -0.153. The van der Waals surface area contributed by atoms with Crippen LogP contribution in [-0.4, -0.2) is 49.8 Å². The summed E-state index contributed by atoms with van der Waals surface area (Å²) in [7, 11) is 0. The number of carbonyl (C=O) groups excluding carboxylic acids is 2. The molecule has 1 amide bonds. The minimum atomic E-state index is -0.615. The van der Waals surface area contributed by atoms with E-state index in [-0.39, 0.29) is 23.9 Å². The number of morpholine rings is 1. The molecule has 20 heavy (non-hydrogen) atoms. The molecule has 0 bridgehead atoms. The van der Waals surface area contributed by atoms with Crippen LogP contribution in [0, 0.1) is 5.92 Å². The number of hydrogen-bond acceptors (Lipinski definition) is 5. The summed E-state index contributed by atoms with van der Waals surface area (Å²) in [4.78, 5) is 24.1. The van der Waals surface area contributed by atoms with Gasteiger partial charge in [-0.15, -0.1) is 0 Å². The quantitative estimate of drug-likeness (QED) is 0.694. The summed E-state index contributed by atoms with van der Waals surface area (Å²) >= 11 is 0. The molecule has 1 rings (SSSR count). The number of amides is 1. The Morgan fingerprint density at radius 3 is 2.55 bits per heavy atom. The molecule has 2 N–H and O–H groups in total. The molecule has 6 heteroatoms. The minimum absolute atomic E-state index is 0.193. The molecule has 0 aromatic heterocycles. The lowest BCUT2D eigenvalue weighted by atomic mass is 10.0. The molecule has 2 atom stereocenters. The number of rotatable bonds is 6. The Morgan fingerprint density at radius 2 is 2.05 bits per heavy atom. The molecule has 0 aromatic rings. The Morgan fingerprint density at radius 1 is 1.35 bits per heavy atom. The molecule has 116 valence electrons. The second kappa shape index (κ2) is 8.21. The van der Waals surface area contributed by atoms with Crippen LogP contribution in [0.3, 0.4) is 0 Å². The van der Waals surface area contributed by atoms with E-state index in [9.17, 15) is 9.59 Å². The van der Waals surface area contributed by atoms with Crippen molar-refractivity contribution in [1.29, 1.82) is 0 Å². The first kappa shape index (κ1) is 16.9. The van der Waals surface area contributed by atoms with Crippen LogP contribution >= 0.6 is 0 Å². The summed E-state index contributed by atoms with van der Waals surface area (Å²) in [5.74, 6) is -0.361. The van der Waals surface area contributed by atoms with Crippen LogP contribution in [0.2, 0.25) is 0 Å². The highest BCUT2D eigenvalue weighted by Gasteiger charge is 2.29. The van der Waals surface area contributed by atoms with Gasteiger partial charge in [0.15, 0.2) is 0 Å². The smallest absolute Gasteiger partial charge is 0.328 e. The zero-order valence-corrected chi connectivity index (χ0v) is 12.8. The number of ether oxygens (including phenoxy) is 2. The minimum Gasteiger partial charge on any atom is -0.461 e. The first-order valence-corrected chi connectivity index (χ1v) is 7.23. The van der Waals surface area contributed by atoms with Crippen molar-refractivity contribution in [1.82, 2.24) is 10.6 Å². The number of esters is 1. The molecule has 0 saturated carbocycles. The van der Waals surface area contributed by atoms with Crippen LogP contribution in [0.25, 0.3) is 0 Å². The van der Waals surface area contributed by atoms with Crippen molar-refractivity contribution in [2.75, 3.05) is 19.7 Å². The van der Waals surface area contributed by atoms with Crippen molar-refractivity contribution in [3.8, 4) is 0 Å². The van der Waals surface area contributed by atoms with Crippen molar-refractivity contribution >= 4 is 11.9 Å². The van der Waals surface area contributed by atoms with E-state index < -0.39 is 12.1 Å². The van der Waals surface area contributed by atoms with Gasteiger partial charge >= 0.3 is 5.97 Å². The third-order valence-electron chi connectivity index (χ3n) is 2.88. The third-order valence-corrected chi connectivity index (χ3v) is 2.88. The van der Waals surface area contributed by atoms with Crippen LogP contribution in [0.1, 0.15) is 34.1 Å². The first-order valence-electron chi connectivity index (χ1n) is 7.23. The van der Waals surface area contributed by atoms with Gasteiger partial charge in [-0.05, 0) is 26.2 Å². The predicted octanol–water partition coefficient (Wildman–Crippen LogP) is 0.457. The van der Waals surface area contributed by atoms with Crippen LogP contribution in [0.15, 0.2) is 0 Å². The van der Waals surface area contributed by atoms with Crippen LogP contribution in [-0.2, 0) is 19.1 Å². The molecule has 1 saturated heterocycles. The average molecular weight is 286 g/mol. The van der Waals surface area contributed by atoms with Crippen molar-refractivity contribution in [2.24, 2.45) is 5.92 Å². The van der Waals surface area contributed by atoms with Gasteiger partial charge in [0.2, 0.25) is 0 Å². The molecule has 6 nitrogen and oxygen atoms in total. The lowest BCUT2D eigenvalue weighted by Gasteiger charge is -2.26. The maximum Gasteiger partial charge on any atom is 0.328 e. The van der Waals surface area contributed by atoms with E-state index in [0.29, 0.717) is 19.6 Å². The highest BCUT2D eigenvalue weighted by Crippen LogP contribution is 2.09. The molecular weight excluding hydrogens is 260 g/mol. The number of carbonyl (C=O) groups is 2. The molecule has 1 aliphatic heterocycles. The van der Waals surface area contributed by atoms with E-state index in [1.165, 1.54) is 0 Å². The molecule has 1 aliphatic rings. The van der Waals surface area contributed by atoms with Crippen LogP contribution in [0.5, 0.6) is 0 Å². The largest absolute Gasteiger partial charge is 0.461 e. The van der Waals surface area contributed by atoms with Gasteiger partial charge in [-0.2, -0.15) is 0 Å². The Hall–Kier alpha value is -1.14. The fourth-order valence-electron chi connectivity index (χ4n) is 2.00. The maximum absolute atomic E-state index is 12.1. The van der Waals surface area contributed by atoms with Crippen molar-refractivity contribution in [2.45, 2.75) is 52.4 Å². The standard InChI is InChI=1S/C14H26N2O4/c1-9(2)7-11(14(18)20-10(3)4)16-13(17)12-8-15-5-6-19-12/h9-12,15H,5-8H2,1-4H3,(H,16,17)/t11-,12?/m0/s1. The summed E-state index contributed by atoms with van der Waals surface area (Å²) in [5.41, 5.74) is 0. The van der Waals surface area contributed by atoms with E-state index in [0.717, 1.165) is 6.54 Å². The van der Waals surface area contributed by atoms with Crippen LogP contribution < -0.4 is 10.6 Å². The monoisotopic (exact) mass is 286 g/mol. The summed E-state index contributed by atoms with van der Waals surface area (Å²) < 4.78 is 10.6. The van der Waals surface area contributed by atoms with Crippen molar-refractivity contribution < 1.29 is 19.1 Å². The van der Waals surface area contributed by atoms with E-state index in [1.807, 2.05) is 13.8 Å². The van der Waals surface area contributed by atoms with Gasteiger partial charge in [0.05, 0.1) is 12.7 Å². The van der Waals surface area contributed by atoms with Gasteiger partial charge in [-0.25, -0.2) is 4.79 Å². The van der Waals surface area contributed by atoms with Gasteiger partial charge in [-0.1, -0.05) is 13.8 Å². The van der Waals surface area contributed by atoms with Gasteiger partial charge < -0.3 is 20.1 Å². The zero-order valence-electron chi connectivity index (χ0n) is 12.8. The molecule has 0 aliphatic carbocycles. The van der Waals surface area contributed by atoms with Gasteiger partial charge in [0.25, 0.3) is 5.91 Å². The molecule has 0 radical (unpaired) electrons. The summed E-state index contributed by atoms with van der Waals surface area (Å²) in [6, 6.07) is -0.615. The Balaban J connectivity index is 2.58. The second-order valence-corrected chi connectivity index (χ2v) is 5.74. The SMILES string of the molecule is CC(C)C[C@H](NC(=O)C1CNCCO1)C(=O)OC(C)C. The lowest BCUT2D eigenvalue weighted by Crippen LogP contribution is -2.52. The van der Waals surface area contributed by atoms with Crippen molar-refractivity contribution in [3.05, 3.63) is 0 Å². The van der Waals surface area contributed by atoms with Gasteiger partial charge in [0.1, 0.15) is 12.1 Å². The van der Waals surface area contributed by atoms with E-state index >= 15 is 0 Å². The predicted molar refractivity (Wildman–Crippen MR) is 75.2 cm³/mol. The maximum atomic E-state index is 12.1. The highest BCUT2D eigenvalue weighted by atomic mass is 16.5. The third kappa shape index (κ3) is 5.88. The first-order chi connectivity index (χ1) is 9.40. The topological polar surface area (TPSA) is 76.7 Å². The van der Waals surface area contributed by atoms with Crippen LogP contribution in [0.4, 0.5) is 0 Å². The molecule has 1 unspecified atom stereocenters. The molecule has 1 heterocycles. The summed E-state index contributed by atoms with van der Waals surface area (Å²) in [5, 5.41) is 5.83. The van der Waals surface area contributed by atoms with Gasteiger partial charge in [0, 0.05) is 13.1 Å². The Kier molecular flexibility index (Phi) is 6.95. The van der Waals surface area contributed by atoms with Crippen molar-refractivity contribution in [3.63, 3.8) is 0 Å². The summed E-state index contributed by atoms with van der Waals surface area (Å²) in [6.45, 7) is 9.30. The van der Waals surface area contributed by atoms with E-state index in [4.69, 9.17) is 9.47 Å². The molecule has 0 aromatic carbocycles. The molecule has 1 fully saturated rings. The fraction of sp³-hybridized carbons (Fsp3) is 0.857. The average Bonchev–Trinajstić information content (AvgIpc) is 2.37. The Labute approximate surface area is 120 Å². The second-order valence-electron chi connectivity index (χ2n) is 5.74. The Bertz CT molecular complexity index is 325. The normalized spacial score (nSPS) is 20.8. The summed E-state index contributed by atoms with van der Waals surface area (Å²) in [6.07, 6.45) is -0.177. The van der Waals surface area contributed by atoms with E-state index in [2.05, 4.69) is 10.6 Å². The molecule has 0 spiro atoms.